The fourth-order valence-electron chi connectivity index (χ4n) is 4.06. The van der Waals surface area contributed by atoms with Crippen LogP contribution in [0.3, 0.4) is 0 Å². The first-order valence-electron chi connectivity index (χ1n) is 11.7. The second kappa shape index (κ2) is 11.9. The second-order valence-corrected chi connectivity index (χ2v) is 8.96. The fourth-order valence-corrected chi connectivity index (χ4v) is 4.06. The predicted octanol–water partition coefficient (Wildman–Crippen LogP) is 4.82. The molecule has 36 heavy (non-hydrogen) atoms. The smallest absolute Gasteiger partial charge is 0.416 e. The van der Waals surface area contributed by atoms with Gasteiger partial charge in [-0.05, 0) is 60.7 Å². The van der Waals surface area contributed by atoms with Crippen LogP contribution in [0.5, 0.6) is 5.75 Å². The van der Waals surface area contributed by atoms with E-state index in [1.165, 1.54) is 36.4 Å². The SMILES string of the molecule is C[C@H]1[C@@H](NC(=O)COC(=O)c2ccc(OCC(=O)Nc3cccc(C(F)(F)F)c3)cc2)CCC[C@@H]1C. The van der Waals surface area contributed by atoms with Gasteiger partial charge in [-0.15, -0.1) is 0 Å². The molecular formula is C26H29F3N2O5. The van der Waals surface area contributed by atoms with Crippen LogP contribution in [0.2, 0.25) is 0 Å². The highest BCUT2D eigenvalue weighted by atomic mass is 19.4. The molecule has 1 fully saturated rings. The van der Waals surface area contributed by atoms with E-state index in [2.05, 4.69) is 24.5 Å². The van der Waals surface area contributed by atoms with Gasteiger partial charge >= 0.3 is 12.1 Å². The number of esters is 1. The Morgan fingerprint density at radius 3 is 2.39 bits per heavy atom. The Morgan fingerprint density at radius 1 is 0.972 bits per heavy atom. The molecule has 0 unspecified atom stereocenters. The molecule has 3 atom stereocenters. The minimum absolute atomic E-state index is 0.00647. The molecule has 2 N–H and O–H groups in total. The zero-order valence-electron chi connectivity index (χ0n) is 20.1. The first-order valence-corrected chi connectivity index (χ1v) is 11.7. The Hall–Kier alpha value is -3.56. The minimum atomic E-state index is -4.52. The van der Waals surface area contributed by atoms with Crippen LogP contribution in [0.25, 0.3) is 0 Å². The third kappa shape index (κ3) is 7.73. The third-order valence-corrected chi connectivity index (χ3v) is 6.32. The van der Waals surface area contributed by atoms with Gasteiger partial charge in [0.25, 0.3) is 11.8 Å². The Labute approximate surface area is 207 Å². The summed E-state index contributed by atoms with van der Waals surface area (Å²) in [4.78, 5) is 36.5. The largest absolute Gasteiger partial charge is 0.484 e. The molecule has 0 aliphatic heterocycles. The lowest BCUT2D eigenvalue weighted by atomic mass is 9.78. The molecular weight excluding hydrogens is 477 g/mol. The summed E-state index contributed by atoms with van der Waals surface area (Å²) in [5, 5.41) is 5.28. The van der Waals surface area contributed by atoms with Crippen molar-refractivity contribution >= 4 is 23.5 Å². The van der Waals surface area contributed by atoms with Crippen LogP contribution < -0.4 is 15.4 Å². The lowest BCUT2D eigenvalue weighted by molar-refractivity contribution is -0.137. The monoisotopic (exact) mass is 506 g/mol. The van der Waals surface area contributed by atoms with Crippen molar-refractivity contribution < 1.29 is 37.0 Å². The van der Waals surface area contributed by atoms with Crippen molar-refractivity contribution in [1.82, 2.24) is 5.32 Å². The summed E-state index contributed by atoms with van der Waals surface area (Å²) in [6, 6.07) is 10.1. The van der Waals surface area contributed by atoms with Gasteiger partial charge in [-0.25, -0.2) is 4.79 Å². The molecule has 2 amide bonds. The van der Waals surface area contributed by atoms with E-state index < -0.39 is 30.2 Å². The number of carbonyl (C=O) groups excluding carboxylic acids is 3. The summed E-state index contributed by atoms with van der Waals surface area (Å²) in [7, 11) is 0. The van der Waals surface area contributed by atoms with Gasteiger partial charge in [0.1, 0.15) is 5.75 Å². The molecule has 1 aliphatic carbocycles. The van der Waals surface area contributed by atoms with Crippen molar-refractivity contribution in [3.05, 3.63) is 59.7 Å². The third-order valence-electron chi connectivity index (χ3n) is 6.32. The number of anilines is 1. The maximum absolute atomic E-state index is 12.8. The van der Waals surface area contributed by atoms with E-state index in [0.717, 1.165) is 31.4 Å². The van der Waals surface area contributed by atoms with E-state index in [4.69, 9.17) is 9.47 Å². The van der Waals surface area contributed by atoms with Crippen molar-refractivity contribution in [2.24, 2.45) is 11.8 Å². The number of hydrogen-bond acceptors (Lipinski definition) is 5. The van der Waals surface area contributed by atoms with Gasteiger partial charge in [-0.2, -0.15) is 13.2 Å². The maximum Gasteiger partial charge on any atom is 0.416 e. The summed E-state index contributed by atoms with van der Waals surface area (Å²) >= 11 is 0. The average molecular weight is 507 g/mol. The van der Waals surface area contributed by atoms with Crippen LogP contribution in [0.1, 0.15) is 49.0 Å². The quantitative estimate of drug-likeness (QED) is 0.501. The van der Waals surface area contributed by atoms with Crippen molar-refractivity contribution in [3.8, 4) is 5.75 Å². The molecule has 0 saturated heterocycles. The van der Waals surface area contributed by atoms with Crippen LogP contribution in [0.15, 0.2) is 48.5 Å². The van der Waals surface area contributed by atoms with Gasteiger partial charge < -0.3 is 20.1 Å². The van der Waals surface area contributed by atoms with E-state index in [1.54, 1.807) is 0 Å². The number of alkyl halides is 3. The molecule has 194 valence electrons. The first-order chi connectivity index (χ1) is 17.0. The van der Waals surface area contributed by atoms with Crippen LogP contribution in [-0.4, -0.2) is 37.0 Å². The van der Waals surface area contributed by atoms with E-state index in [-0.39, 0.29) is 35.6 Å². The number of benzene rings is 2. The molecule has 1 aliphatic rings. The van der Waals surface area contributed by atoms with Gasteiger partial charge in [-0.3, -0.25) is 9.59 Å². The Balaban J connectivity index is 1.43. The van der Waals surface area contributed by atoms with E-state index in [0.29, 0.717) is 11.8 Å². The average Bonchev–Trinajstić information content (AvgIpc) is 2.84. The highest BCUT2D eigenvalue weighted by Crippen LogP contribution is 2.31. The summed E-state index contributed by atoms with van der Waals surface area (Å²) < 4.78 is 48.8. The van der Waals surface area contributed by atoms with E-state index >= 15 is 0 Å². The van der Waals surface area contributed by atoms with Gasteiger partial charge in [0.15, 0.2) is 13.2 Å². The topological polar surface area (TPSA) is 93.7 Å². The number of carbonyl (C=O) groups is 3. The predicted molar refractivity (Wildman–Crippen MR) is 126 cm³/mol. The number of amides is 2. The molecule has 0 spiro atoms. The molecule has 10 heteroatoms. The zero-order chi connectivity index (χ0) is 26.3. The van der Waals surface area contributed by atoms with Gasteiger partial charge in [0.2, 0.25) is 0 Å². The molecule has 0 bridgehead atoms. The molecule has 1 saturated carbocycles. The number of ether oxygens (including phenoxy) is 2. The molecule has 3 rings (SSSR count). The molecule has 7 nitrogen and oxygen atoms in total. The molecule has 0 heterocycles. The molecule has 2 aromatic carbocycles. The highest BCUT2D eigenvalue weighted by Gasteiger charge is 2.30. The number of rotatable bonds is 8. The molecule has 2 aromatic rings. The summed E-state index contributed by atoms with van der Waals surface area (Å²) in [5.74, 6) is -0.517. The lowest BCUT2D eigenvalue weighted by Crippen LogP contribution is -2.45. The van der Waals surface area contributed by atoms with Crippen molar-refractivity contribution in [2.45, 2.75) is 45.3 Å². The standard InChI is InChI=1S/C26H29F3N2O5/c1-16-5-3-8-22(17(16)2)31-24(33)15-36-25(34)18-9-11-21(12-10-18)35-14-23(32)30-20-7-4-6-19(13-20)26(27,28)29/h4,6-7,9-13,16-17,22H,3,5,8,14-15H2,1-2H3,(H,30,32)(H,31,33)/t16-,17+,22-/m0/s1. The Bertz CT molecular complexity index is 1070. The summed E-state index contributed by atoms with van der Waals surface area (Å²) in [5.41, 5.74) is -0.685. The second-order valence-electron chi connectivity index (χ2n) is 8.96. The van der Waals surface area contributed by atoms with E-state index in [1.807, 2.05) is 0 Å². The number of hydrogen-bond donors (Lipinski definition) is 2. The number of halogens is 3. The lowest BCUT2D eigenvalue weighted by Gasteiger charge is -2.34. The fraction of sp³-hybridized carbons (Fsp3) is 0.423. The van der Waals surface area contributed by atoms with Crippen molar-refractivity contribution in [1.29, 1.82) is 0 Å². The summed E-state index contributed by atoms with van der Waals surface area (Å²) in [6.07, 6.45) is -1.42. The first kappa shape index (κ1) is 27.0. The Morgan fingerprint density at radius 2 is 1.69 bits per heavy atom. The van der Waals surface area contributed by atoms with Crippen LogP contribution in [0, 0.1) is 11.8 Å². The normalized spacial score (nSPS) is 19.8. The molecule has 0 aromatic heterocycles. The summed E-state index contributed by atoms with van der Waals surface area (Å²) in [6.45, 7) is 3.45. The van der Waals surface area contributed by atoms with E-state index in [9.17, 15) is 27.6 Å². The minimum Gasteiger partial charge on any atom is -0.484 e. The van der Waals surface area contributed by atoms with Gasteiger partial charge in [0, 0.05) is 11.7 Å². The van der Waals surface area contributed by atoms with Crippen LogP contribution >= 0.6 is 0 Å². The van der Waals surface area contributed by atoms with Crippen molar-refractivity contribution in [3.63, 3.8) is 0 Å². The van der Waals surface area contributed by atoms with Crippen LogP contribution in [0.4, 0.5) is 18.9 Å². The van der Waals surface area contributed by atoms with Crippen LogP contribution in [-0.2, 0) is 20.5 Å². The van der Waals surface area contributed by atoms with Gasteiger partial charge in [0.05, 0.1) is 11.1 Å². The maximum atomic E-state index is 12.8. The Kier molecular flexibility index (Phi) is 8.95. The van der Waals surface area contributed by atoms with Crippen molar-refractivity contribution in [2.75, 3.05) is 18.5 Å². The number of nitrogens with one attached hydrogen (secondary N) is 2. The zero-order valence-corrected chi connectivity index (χ0v) is 20.1. The van der Waals surface area contributed by atoms with Gasteiger partial charge in [-0.1, -0.05) is 32.8 Å². The highest BCUT2D eigenvalue weighted by molar-refractivity contribution is 5.92. The molecule has 0 radical (unpaired) electrons.